The van der Waals surface area contributed by atoms with Gasteiger partial charge in [0.1, 0.15) is 11.4 Å². The molecule has 2 aromatic heterocycles. The Labute approximate surface area is 141 Å². The highest BCUT2D eigenvalue weighted by Crippen LogP contribution is 2.34. The fourth-order valence-electron chi connectivity index (χ4n) is 3.57. The topological polar surface area (TPSA) is 82.1 Å². The van der Waals surface area contributed by atoms with Gasteiger partial charge in [-0.2, -0.15) is 5.10 Å². The molecule has 3 heterocycles. The maximum atomic E-state index is 12.8. The van der Waals surface area contributed by atoms with Gasteiger partial charge in [-0.3, -0.25) is 14.9 Å². The Bertz CT molecular complexity index is 681. The van der Waals surface area contributed by atoms with Gasteiger partial charge < -0.3 is 10.0 Å². The summed E-state index contributed by atoms with van der Waals surface area (Å²) in [5.41, 5.74) is 1.72. The first-order valence-electron chi connectivity index (χ1n) is 8.54. The van der Waals surface area contributed by atoms with E-state index in [1.165, 1.54) is 0 Å². The van der Waals surface area contributed by atoms with E-state index in [-0.39, 0.29) is 17.9 Å². The van der Waals surface area contributed by atoms with E-state index in [1.807, 2.05) is 23.1 Å². The summed E-state index contributed by atoms with van der Waals surface area (Å²) in [7, 11) is 0. The van der Waals surface area contributed by atoms with Crippen LogP contribution in [0, 0.1) is 5.41 Å². The Balaban J connectivity index is 1.76. The molecule has 2 N–H and O–H groups in total. The number of amides is 1. The highest BCUT2D eigenvalue weighted by atomic mass is 16.3. The van der Waals surface area contributed by atoms with Crippen molar-refractivity contribution < 1.29 is 9.90 Å². The molecule has 0 aliphatic carbocycles. The molecule has 0 radical (unpaired) electrons. The second-order valence-corrected chi connectivity index (χ2v) is 6.62. The molecule has 1 saturated heterocycles. The standard InChI is InChI=1S/C18H24N4O2/c1-2-7-18(13-23)8-5-10-22(12-18)17(24)16-11-15(20-21-16)14-6-3-4-9-19-14/h3-4,6,9,11,23H,2,5,7-8,10,12-13H2,1H3,(H,20,21)/t18-/m0/s1. The van der Waals surface area contributed by atoms with Crippen LogP contribution in [-0.4, -0.2) is 50.8 Å². The number of aromatic nitrogens is 3. The maximum absolute atomic E-state index is 12.8. The quantitative estimate of drug-likeness (QED) is 0.883. The Morgan fingerprint density at radius 1 is 1.42 bits per heavy atom. The molecule has 1 fully saturated rings. The van der Waals surface area contributed by atoms with Crippen molar-refractivity contribution in [3.05, 3.63) is 36.2 Å². The van der Waals surface area contributed by atoms with Crippen molar-refractivity contribution >= 4 is 5.91 Å². The van der Waals surface area contributed by atoms with E-state index in [0.717, 1.165) is 37.9 Å². The second-order valence-electron chi connectivity index (χ2n) is 6.62. The number of H-pyrrole nitrogens is 1. The number of pyridine rings is 1. The van der Waals surface area contributed by atoms with Gasteiger partial charge in [-0.05, 0) is 37.5 Å². The van der Waals surface area contributed by atoms with E-state index < -0.39 is 0 Å². The molecule has 3 rings (SSSR count). The Hall–Kier alpha value is -2.21. The van der Waals surface area contributed by atoms with Crippen molar-refractivity contribution in [2.24, 2.45) is 5.41 Å². The number of rotatable bonds is 5. The normalized spacial score (nSPS) is 21.0. The summed E-state index contributed by atoms with van der Waals surface area (Å²) in [6, 6.07) is 7.35. The number of aliphatic hydroxyl groups is 1. The number of likely N-dealkylation sites (tertiary alicyclic amines) is 1. The lowest BCUT2D eigenvalue weighted by molar-refractivity contribution is 0.0219. The fourth-order valence-corrected chi connectivity index (χ4v) is 3.57. The summed E-state index contributed by atoms with van der Waals surface area (Å²) in [6.45, 7) is 3.58. The molecule has 128 valence electrons. The van der Waals surface area contributed by atoms with E-state index >= 15 is 0 Å². The summed E-state index contributed by atoms with van der Waals surface area (Å²) in [6.07, 6.45) is 5.55. The minimum absolute atomic E-state index is 0.0571. The maximum Gasteiger partial charge on any atom is 0.271 e. The van der Waals surface area contributed by atoms with Gasteiger partial charge in [0.25, 0.3) is 5.91 Å². The van der Waals surface area contributed by atoms with Gasteiger partial charge in [-0.1, -0.05) is 19.4 Å². The van der Waals surface area contributed by atoms with Gasteiger partial charge in [0.15, 0.2) is 0 Å². The number of carbonyl (C=O) groups excluding carboxylic acids is 1. The Morgan fingerprint density at radius 3 is 3.00 bits per heavy atom. The van der Waals surface area contributed by atoms with Crippen LogP contribution in [0.15, 0.2) is 30.5 Å². The molecule has 0 saturated carbocycles. The average molecular weight is 328 g/mol. The number of piperidine rings is 1. The number of aromatic amines is 1. The number of hydrogen-bond donors (Lipinski definition) is 2. The molecule has 2 aromatic rings. The zero-order chi connectivity index (χ0) is 17.0. The summed E-state index contributed by atoms with van der Waals surface area (Å²) >= 11 is 0. The molecule has 0 unspecified atom stereocenters. The molecule has 6 nitrogen and oxygen atoms in total. The van der Waals surface area contributed by atoms with Gasteiger partial charge in [0, 0.05) is 24.7 Å². The van der Waals surface area contributed by atoms with Crippen LogP contribution in [0.3, 0.4) is 0 Å². The largest absolute Gasteiger partial charge is 0.396 e. The number of nitrogens with one attached hydrogen (secondary N) is 1. The minimum Gasteiger partial charge on any atom is -0.396 e. The van der Waals surface area contributed by atoms with E-state index in [0.29, 0.717) is 17.9 Å². The van der Waals surface area contributed by atoms with Crippen LogP contribution < -0.4 is 0 Å². The predicted molar refractivity (Wildman–Crippen MR) is 91.4 cm³/mol. The molecule has 1 atom stereocenters. The third kappa shape index (κ3) is 3.33. The van der Waals surface area contributed by atoms with Crippen molar-refractivity contribution in [1.82, 2.24) is 20.1 Å². The lowest BCUT2D eigenvalue weighted by atomic mass is 9.77. The smallest absolute Gasteiger partial charge is 0.271 e. The predicted octanol–water partition coefficient (Wildman–Crippen LogP) is 2.49. The molecule has 24 heavy (non-hydrogen) atoms. The molecule has 0 bridgehead atoms. The van der Waals surface area contributed by atoms with Crippen molar-refractivity contribution in [3.63, 3.8) is 0 Å². The number of aliphatic hydroxyl groups excluding tert-OH is 1. The molecule has 1 aliphatic rings. The zero-order valence-corrected chi connectivity index (χ0v) is 14.0. The van der Waals surface area contributed by atoms with E-state index in [2.05, 4.69) is 22.1 Å². The lowest BCUT2D eigenvalue weighted by Crippen LogP contribution is -2.48. The van der Waals surface area contributed by atoms with Crippen LogP contribution in [0.1, 0.15) is 43.1 Å². The Kier molecular flexibility index (Phi) is 4.94. The SMILES string of the molecule is CCC[C@]1(CO)CCCN(C(=O)c2cc(-c3ccccn3)n[nH]2)C1. The summed E-state index contributed by atoms with van der Waals surface area (Å²) < 4.78 is 0. The van der Waals surface area contributed by atoms with Crippen molar-refractivity contribution in [1.29, 1.82) is 0 Å². The molecule has 1 aliphatic heterocycles. The van der Waals surface area contributed by atoms with E-state index in [4.69, 9.17) is 0 Å². The van der Waals surface area contributed by atoms with E-state index in [9.17, 15) is 9.90 Å². The highest BCUT2D eigenvalue weighted by Gasteiger charge is 2.36. The van der Waals surface area contributed by atoms with Gasteiger partial charge in [-0.15, -0.1) is 0 Å². The molecular weight excluding hydrogens is 304 g/mol. The Morgan fingerprint density at radius 2 is 2.29 bits per heavy atom. The van der Waals surface area contributed by atoms with Crippen molar-refractivity contribution in [3.8, 4) is 11.4 Å². The van der Waals surface area contributed by atoms with Crippen molar-refractivity contribution in [2.45, 2.75) is 32.6 Å². The third-order valence-corrected chi connectivity index (χ3v) is 4.80. The fraction of sp³-hybridized carbons (Fsp3) is 0.500. The van der Waals surface area contributed by atoms with Gasteiger partial charge >= 0.3 is 0 Å². The first-order valence-corrected chi connectivity index (χ1v) is 8.54. The van der Waals surface area contributed by atoms with Gasteiger partial charge in [0.05, 0.1) is 12.3 Å². The molecule has 1 amide bonds. The summed E-state index contributed by atoms with van der Waals surface area (Å²) in [5, 5.41) is 16.9. The highest BCUT2D eigenvalue weighted by molar-refractivity contribution is 5.93. The zero-order valence-electron chi connectivity index (χ0n) is 14.0. The number of hydrogen-bond acceptors (Lipinski definition) is 4. The van der Waals surface area contributed by atoms with Gasteiger partial charge in [-0.25, -0.2) is 0 Å². The number of carbonyl (C=O) groups is 1. The summed E-state index contributed by atoms with van der Waals surface area (Å²) in [5.74, 6) is -0.0571. The second kappa shape index (κ2) is 7.13. The van der Waals surface area contributed by atoms with Crippen LogP contribution in [-0.2, 0) is 0 Å². The molecule has 0 spiro atoms. The lowest BCUT2D eigenvalue weighted by Gasteiger charge is -2.41. The van der Waals surface area contributed by atoms with Crippen LogP contribution in [0.4, 0.5) is 0 Å². The average Bonchev–Trinajstić information content (AvgIpc) is 3.12. The van der Waals surface area contributed by atoms with Crippen LogP contribution in [0.2, 0.25) is 0 Å². The van der Waals surface area contributed by atoms with E-state index in [1.54, 1.807) is 12.3 Å². The molecular formula is C18H24N4O2. The van der Waals surface area contributed by atoms with Crippen LogP contribution in [0.5, 0.6) is 0 Å². The monoisotopic (exact) mass is 328 g/mol. The first-order chi connectivity index (χ1) is 11.7. The third-order valence-electron chi connectivity index (χ3n) is 4.80. The van der Waals surface area contributed by atoms with Crippen molar-refractivity contribution in [2.75, 3.05) is 19.7 Å². The molecule has 0 aromatic carbocycles. The summed E-state index contributed by atoms with van der Waals surface area (Å²) in [4.78, 5) is 18.9. The minimum atomic E-state index is -0.160. The first kappa shape index (κ1) is 16.6. The molecule has 6 heteroatoms. The number of nitrogens with zero attached hydrogens (tertiary/aromatic N) is 3. The van der Waals surface area contributed by atoms with Crippen LogP contribution >= 0.6 is 0 Å². The van der Waals surface area contributed by atoms with Crippen LogP contribution in [0.25, 0.3) is 11.4 Å². The van der Waals surface area contributed by atoms with Gasteiger partial charge in [0.2, 0.25) is 0 Å².